The Morgan fingerprint density at radius 3 is 3.21 bits per heavy atom. The molecule has 1 N–H and O–H groups in total. The Morgan fingerprint density at radius 1 is 1.64 bits per heavy atom. The molecule has 1 aliphatic heterocycles. The van der Waals surface area contributed by atoms with Gasteiger partial charge in [-0.2, -0.15) is 5.10 Å². The van der Waals surface area contributed by atoms with Crippen LogP contribution in [0.5, 0.6) is 0 Å². The Balaban J connectivity index is 1.67. The first-order valence-electron chi connectivity index (χ1n) is 5.26. The van der Waals surface area contributed by atoms with Crippen LogP contribution in [-0.2, 0) is 6.54 Å². The summed E-state index contributed by atoms with van der Waals surface area (Å²) in [5.74, 6) is 0. The van der Waals surface area contributed by atoms with E-state index in [1.165, 1.54) is 35.8 Å². The minimum atomic E-state index is 0.768. The third kappa shape index (κ3) is 2.95. The molecule has 1 fully saturated rings. The summed E-state index contributed by atoms with van der Waals surface area (Å²) in [6.45, 7) is 2.27. The average Bonchev–Trinajstić information content (AvgIpc) is 2.77. The van der Waals surface area contributed by atoms with Crippen molar-refractivity contribution in [3.05, 3.63) is 16.0 Å². The first kappa shape index (κ1) is 10.4. The van der Waals surface area contributed by atoms with Gasteiger partial charge in [0.1, 0.15) is 0 Å². The molecule has 1 unspecified atom stereocenters. The van der Waals surface area contributed by atoms with Gasteiger partial charge in [0.05, 0.1) is 9.77 Å². The maximum Gasteiger partial charge on any atom is 0.0623 e. The van der Waals surface area contributed by atoms with Crippen LogP contribution < -0.4 is 5.32 Å². The van der Waals surface area contributed by atoms with Gasteiger partial charge in [-0.1, -0.05) is 0 Å². The summed E-state index contributed by atoms with van der Waals surface area (Å²) in [4.78, 5) is 0. The lowest BCUT2D eigenvalue weighted by Crippen LogP contribution is -2.21. The van der Waals surface area contributed by atoms with Gasteiger partial charge in [-0.3, -0.25) is 4.68 Å². The Bertz CT molecular complexity index is 279. The van der Waals surface area contributed by atoms with Crippen molar-refractivity contribution in [2.75, 3.05) is 6.54 Å². The number of rotatable bonds is 4. The van der Waals surface area contributed by atoms with E-state index in [0.717, 1.165) is 12.6 Å². The zero-order chi connectivity index (χ0) is 9.80. The van der Waals surface area contributed by atoms with E-state index in [9.17, 15) is 0 Å². The third-order valence-corrected chi connectivity index (χ3v) is 3.26. The fraction of sp³-hybridized carbons (Fsp3) is 0.700. The molecule has 0 saturated carbocycles. The molecular weight excluding hydrogens is 289 g/mol. The zero-order valence-corrected chi connectivity index (χ0v) is 10.4. The monoisotopic (exact) mass is 305 g/mol. The molecule has 0 amide bonds. The van der Waals surface area contributed by atoms with Crippen molar-refractivity contribution < 1.29 is 0 Å². The molecule has 2 rings (SSSR count). The Hall–Kier alpha value is -0.100. The van der Waals surface area contributed by atoms with Gasteiger partial charge in [-0.25, -0.2) is 0 Å². The van der Waals surface area contributed by atoms with Crippen molar-refractivity contribution in [3.8, 4) is 0 Å². The molecule has 0 aliphatic carbocycles. The highest BCUT2D eigenvalue weighted by atomic mass is 127. The van der Waals surface area contributed by atoms with Crippen molar-refractivity contribution in [1.82, 2.24) is 15.1 Å². The molecule has 4 heteroatoms. The van der Waals surface area contributed by atoms with Crippen LogP contribution in [0.3, 0.4) is 0 Å². The maximum absolute atomic E-state index is 4.27. The number of hydrogen-bond acceptors (Lipinski definition) is 2. The lowest BCUT2D eigenvalue weighted by molar-refractivity contribution is 0.484. The van der Waals surface area contributed by atoms with E-state index in [2.05, 4.69) is 39.2 Å². The molecule has 0 aromatic carbocycles. The molecule has 0 radical (unpaired) electrons. The molecule has 1 atom stereocenters. The first-order valence-corrected chi connectivity index (χ1v) is 6.34. The summed E-state index contributed by atoms with van der Waals surface area (Å²) in [5, 5.41) is 7.79. The smallest absolute Gasteiger partial charge is 0.0623 e. The SMILES string of the molecule is Ic1cnn(CCCC2CCCN2)c1. The van der Waals surface area contributed by atoms with Gasteiger partial charge in [0, 0.05) is 18.8 Å². The molecule has 1 aliphatic rings. The number of aryl methyl sites for hydroxylation is 1. The van der Waals surface area contributed by atoms with Crippen LogP contribution >= 0.6 is 22.6 Å². The van der Waals surface area contributed by atoms with Crippen molar-refractivity contribution in [1.29, 1.82) is 0 Å². The van der Waals surface area contributed by atoms with E-state index in [4.69, 9.17) is 0 Å². The standard InChI is InChI=1S/C10H16IN3/c11-9-7-13-14(8-9)6-2-4-10-3-1-5-12-10/h7-8,10,12H,1-6H2. The van der Waals surface area contributed by atoms with Crippen LogP contribution in [0.15, 0.2) is 12.4 Å². The van der Waals surface area contributed by atoms with Crippen LogP contribution in [0.1, 0.15) is 25.7 Å². The number of hydrogen-bond donors (Lipinski definition) is 1. The molecular formula is C10H16IN3. The van der Waals surface area contributed by atoms with Gasteiger partial charge in [0.15, 0.2) is 0 Å². The van der Waals surface area contributed by atoms with Gasteiger partial charge in [-0.15, -0.1) is 0 Å². The molecule has 14 heavy (non-hydrogen) atoms. The van der Waals surface area contributed by atoms with Crippen LogP contribution in [0.25, 0.3) is 0 Å². The lowest BCUT2D eigenvalue weighted by atomic mass is 10.1. The topological polar surface area (TPSA) is 29.9 Å². The van der Waals surface area contributed by atoms with Gasteiger partial charge in [0.25, 0.3) is 0 Å². The zero-order valence-electron chi connectivity index (χ0n) is 8.25. The average molecular weight is 305 g/mol. The van der Waals surface area contributed by atoms with Crippen molar-refractivity contribution in [2.45, 2.75) is 38.3 Å². The van der Waals surface area contributed by atoms with Gasteiger partial charge < -0.3 is 5.32 Å². The van der Waals surface area contributed by atoms with Crippen LogP contribution in [0, 0.1) is 3.57 Å². The second-order valence-electron chi connectivity index (χ2n) is 3.86. The summed E-state index contributed by atoms with van der Waals surface area (Å²) < 4.78 is 3.26. The van der Waals surface area contributed by atoms with Crippen molar-refractivity contribution >= 4 is 22.6 Å². The Labute approximate surface area is 98.4 Å². The van der Waals surface area contributed by atoms with E-state index in [-0.39, 0.29) is 0 Å². The number of halogens is 1. The molecule has 78 valence electrons. The highest BCUT2D eigenvalue weighted by Crippen LogP contribution is 2.11. The van der Waals surface area contributed by atoms with Gasteiger partial charge in [0.2, 0.25) is 0 Å². The summed E-state index contributed by atoms with van der Waals surface area (Å²) in [6, 6.07) is 0.768. The summed E-state index contributed by atoms with van der Waals surface area (Å²) in [6.07, 6.45) is 9.24. The quantitative estimate of drug-likeness (QED) is 0.863. The molecule has 0 spiro atoms. The highest BCUT2D eigenvalue weighted by Gasteiger charge is 2.12. The summed E-state index contributed by atoms with van der Waals surface area (Å²) in [7, 11) is 0. The molecule has 2 heterocycles. The second-order valence-corrected chi connectivity index (χ2v) is 5.10. The molecule has 0 bridgehead atoms. The summed E-state index contributed by atoms with van der Waals surface area (Å²) in [5.41, 5.74) is 0. The predicted molar refractivity (Wildman–Crippen MR) is 65.2 cm³/mol. The van der Waals surface area contributed by atoms with E-state index >= 15 is 0 Å². The maximum atomic E-state index is 4.27. The van der Waals surface area contributed by atoms with Gasteiger partial charge >= 0.3 is 0 Å². The summed E-state index contributed by atoms with van der Waals surface area (Å²) >= 11 is 2.29. The minimum absolute atomic E-state index is 0.768. The van der Waals surface area contributed by atoms with Gasteiger partial charge in [-0.05, 0) is 54.8 Å². The minimum Gasteiger partial charge on any atom is -0.314 e. The van der Waals surface area contributed by atoms with E-state index in [0.29, 0.717) is 0 Å². The van der Waals surface area contributed by atoms with E-state index < -0.39 is 0 Å². The third-order valence-electron chi connectivity index (χ3n) is 2.70. The molecule has 1 saturated heterocycles. The molecule has 1 aromatic heterocycles. The fourth-order valence-electron chi connectivity index (χ4n) is 1.96. The normalized spacial score (nSPS) is 21.6. The number of nitrogens with one attached hydrogen (secondary N) is 1. The Kier molecular flexibility index (Phi) is 3.81. The van der Waals surface area contributed by atoms with Crippen LogP contribution in [-0.4, -0.2) is 22.4 Å². The highest BCUT2D eigenvalue weighted by molar-refractivity contribution is 14.1. The predicted octanol–water partition coefficient (Wildman–Crippen LogP) is 2.02. The second kappa shape index (κ2) is 5.11. The first-order chi connectivity index (χ1) is 6.84. The largest absolute Gasteiger partial charge is 0.314 e. The van der Waals surface area contributed by atoms with Crippen LogP contribution in [0.4, 0.5) is 0 Å². The fourth-order valence-corrected chi connectivity index (χ4v) is 2.41. The van der Waals surface area contributed by atoms with E-state index in [1.807, 2.05) is 10.9 Å². The molecule has 1 aromatic rings. The van der Waals surface area contributed by atoms with Crippen LogP contribution in [0.2, 0.25) is 0 Å². The van der Waals surface area contributed by atoms with E-state index in [1.54, 1.807) is 0 Å². The number of aromatic nitrogens is 2. The molecule has 3 nitrogen and oxygen atoms in total. The lowest BCUT2D eigenvalue weighted by Gasteiger charge is -2.09. The van der Waals surface area contributed by atoms with Crippen molar-refractivity contribution in [3.63, 3.8) is 0 Å². The Morgan fingerprint density at radius 2 is 2.57 bits per heavy atom. The number of nitrogens with zero attached hydrogens (tertiary/aromatic N) is 2. The van der Waals surface area contributed by atoms with Crippen molar-refractivity contribution in [2.24, 2.45) is 0 Å².